The summed E-state index contributed by atoms with van der Waals surface area (Å²) in [5.74, 6) is 0.852. The van der Waals surface area contributed by atoms with Crippen LogP contribution in [0, 0.1) is 5.92 Å². The largest absolute Gasteiger partial charge is 0.494 e. The number of carbonyl (C=O) groups excluding carboxylic acids is 3. The molecular weight excluding hydrogens is 548 g/mol. The molecule has 0 saturated carbocycles. The molecule has 3 amide bonds. The van der Waals surface area contributed by atoms with Crippen molar-refractivity contribution in [1.29, 1.82) is 0 Å². The molecule has 2 aromatic heterocycles. The van der Waals surface area contributed by atoms with E-state index in [1.165, 1.54) is 12.0 Å². The quantitative estimate of drug-likeness (QED) is 0.480. The predicted molar refractivity (Wildman–Crippen MR) is 161 cm³/mol. The molecule has 0 spiro atoms. The number of imidazole rings is 1. The smallest absolute Gasteiger partial charge is 0.259 e. The molecular formula is C32H40N6O5. The number of nitrogens with one attached hydrogen (secondary N) is 2. The van der Waals surface area contributed by atoms with Gasteiger partial charge in [-0.3, -0.25) is 14.4 Å². The van der Waals surface area contributed by atoms with Crippen LogP contribution in [0.2, 0.25) is 0 Å². The molecule has 228 valence electrons. The molecule has 2 N–H and O–H groups in total. The van der Waals surface area contributed by atoms with Crippen molar-refractivity contribution < 1.29 is 23.9 Å². The average Bonchev–Trinajstić information content (AvgIpc) is 3.66. The third-order valence-electron chi connectivity index (χ3n) is 7.72. The van der Waals surface area contributed by atoms with Gasteiger partial charge in [0.1, 0.15) is 23.2 Å². The van der Waals surface area contributed by atoms with Crippen LogP contribution in [-0.4, -0.2) is 76.5 Å². The summed E-state index contributed by atoms with van der Waals surface area (Å²) in [5, 5.41) is 5.85. The van der Waals surface area contributed by atoms with Crippen LogP contribution in [0.25, 0.3) is 11.4 Å². The lowest BCUT2D eigenvalue weighted by molar-refractivity contribution is -0.129. The maximum atomic E-state index is 13.9. The van der Waals surface area contributed by atoms with Gasteiger partial charge >= 0.3 is 0 Å². The van der Waals surface area contributed by atoms with Gasteiger partial charge in [0.25, 0.3) is 5.91 Å². The minimum atomic E-state index is -0.734. The number of fused-ring (bicyclic) bond motifs is 5. The van der Waals surface area contributed by atoms with Crippen molar-refractivity contribution in [1.82, 2.24) is 30.1 Å². The van der Waals surface area contributed by atoms with Crippen molar-refractivity contribution >= 4 is 17.7 Å². The summed E-state index contributed by atoms with van der Waals surface area (Å²) in [4.78, 5) is 51.1. The predicted octanol–water partition coefficient (Wildman–Crippen LogP) is 3.01. The standard InChI is InChI=1S/C32H40N6O5/c1-21(2)17-27-30(40)34-12-15-37-14-11-33-29(37)23-8-4-9-24(18-23)43-16-6-13-38(20-28(39)35-27)32(41)25-19-22-7-5-10-26(22)36-31(25)42-3/h4,8-9,11,14,18-19,21,27H,5-7,10,12-13,15-17,20H2,1-3H3,(H,34,40)(H,35,39)/t27-/m1/s1. The van der Waals surface area contributed by atoms with Gasteiger partial charge < -0.3 is 29.6 Å². The van der Waals surface area contributed by atoms with E-state index in [1.54, 1.807) is 6.20 Å². The third kappa shape index (κ3) is 7.33. The van der Waals surface area contributed by atoms with Crippen molar-refractivity contribution in [2.75, 3.05) is 33.4 Å². The molecule has 0 radical (unpaired) electrons. The summed E-state index contributed by atoms with van der Waals surface area (Å²) in [5.41, 5.74) is 3.21. The van der Waals surface area contributed by atoms with Gasteiger partial charge in [0.2, 0.25) is 17.7 Å². The Morgan fingerprint density at radius 3 is 2.84 bits per heavy atom. The van der Waals surface area contributed by atoms with Crippen LogP contribution < -0.4 is 20.1 Å². The van der Waals surface area contributed by atoms with Crippen molar-refractivity contribution in [2.24, 2.45) is 5.92 Å². The highest BCUT2D eigenvalue weighted by Crippen LogP contribution is 2.28. The molecule has 11 nitrogen and oxygen atoms in total. The fourth-order valence-electron chi connectivity index (χ4n) is 5.64. The maximum absolute atomic E-state index is 13.9. The van der Waals surface area contributed by atoms with E-state index in [9.17, 15) is 14.4 Å². The molecule has 1 aliphatic carbocycles. The lowest BCUT2D eigenvalue weighted by atomic mass is 10.0. The maximum Gasteiger partial charge on any atom is 0.259 e. The topological polar surface area (TPSA) is 128 Å². The molecule has 3 aromatic rings. The van der Waals surface area contributed by atoms with Gasteiger partial charge in [-0.15, -0.1) is 0 Å². The Morgan fingerprint density at radius 2 is 2.02 bits per heavy atom. The molecule has 43 heavy (non-hydrogen) atoms. The molecule has 3 heterocycles. The number of methoxy groups -OCH3 is 1. The van der Waals surface area contributed by atoms with Gasteiger partial charge in [-0.25, -0.2) is 9.97 Å². The highest BCUT2D eigenvalue weighted by Gasteiger charge is 2.28. The highest BCUT2D eigenvalue weighted by molar-refractivity contribution is 5.99. The van der Waals surface area contributed by atoms with Crippen LogP contribution in [-0.2, 0) is 29.0 Å². The van der Waals surface area contributed by atoms with Crippen LogP contribution >= 0.6 is 0 Å². The molecule has 0 saturated heterocycles. The van der Waals surface area contributed by atoms with E-state index >= 15 is 0 Å². The summed E-state index contributed by atoms with van der Waals surface area (Å²) < 4.78 is 13.5. The lowest BCUT2D eigenvalue weighted by Gasteiger charge is -2.26. The average molecular weight is 589 g/mol. The Labute approximate surface area is 252 Å². The first-order valence-corrected chi connectivity index (χ1v) is 15.0. The number of rotatable bonds is 4. The number of aryl methyl sites for hydroxylation is 2. The molecule has 1 aliphatic heterocycles. The molecule has 0 fully saturated rings. The van der Waals surface area contributed by atoms with Gasteiger partial charge in [0, 0.05) is 43.3 Å². The Morgan fingerprint density at radius 1 is 1.16 bits per heavy atom. The van der Waals surface area contributed by atoms with Gasteiger partial charge in [0.15, 0.2) is 0 Å². The fourth-order valence-corrected chi connectivity index (χ4v) is 5.64. The van der Waals surface area contributed by atoms with Crippen molar-refractivity contribution in [3.05, 3.63) is 59.5 Å². The van der Waals surface area contributed by atoms with E-state index < -0.39 is 11.9 Å². The Kier molecular flexibility index (Phi) is 9.58. The summed E-state index contributed by atoms with van der Waals surface area (Å²) in [6.07, 6.45) is 7.23. The van der Waals surface area contributed by atoms with Crippen molar-refractivity contribution in [3.63, 3.8) is 0 Å². The SMILES string of the molecule is COc1nc2c(cc1C(=O)N1CCCOc3cccc(c3)-c3nccn3CCNC(=O)[C@@H](CC(C)C)NC(=O)C1)CCC2. The number of amides is 3. The number of hydrogen-bond donors (Lipinski definition) is 2. The van der Waals surface area contributed by atoms with E-state index in [1.807, 2.05) is 54.9 Å². The van der Waals surface area contributed by atoms with Gasteiger partial charge in [-0.2, -0.15) is 0 Å². The molecule has 5 rings (SSSR count). The molecule has 0 unspecified atom stereocenters. The molecule has 1 aromatic carbocycles. The first-order chi connectivity index (χ1) is 20.8. The minimum Gasteiger partial charge on any atom is -0.494 e. The molecule has 1 atom stereocenters. The monoisotopic (exact) mass is 588 g/mol. The number of aromatic nitrogens is 3. The Bertz CT molecular complexity index is 1470. The van der Waals surface area contributed by atoms with Gasteiger partial charge in [-0.05, 0) is 61.8 Å². The summed E-state index contributed by atoms with van der Waals surface area (Å²) in [6.45, 7) is 5.25. The summed E-state index contributed by atoms with van der Waals surface area (Å²) in [7, 11) is 1.50. The van der Waals surface area contributed by atoms with Crippen LogP contribution in [0.15, 0.2) is 42.7 Å². The molecule has 11 heteroatoms. The number of nitrogens with zero attached hydrogens (tertiary/aromatic N) is 4. The van der Waals surface area contributed by atoms with Crippen LogP contribution in [0.3, 0.4) is 0 Å². The zero-order chi connectivity index (χ0) is 30.3. The number of benzene rings is 1. The lowest BCUT2D eigenvalue weighted by Crippen LogP contribution is -2.51. The van der Waals surface area contributed by atoms with Crippen LogP contribution in [0.5, 0.6) is 11.6 Å². The van der Waals surface area contributed by atoms with E-state index in [2.05, 4.69) is 20.6 Å². The number of pyridine rings is 1. The molecule has 2 bridgehead atoms. The fraction of sp³-hybridized carbons (Fsp3) is 0.469. The third-order valence-corrected chi connectivity index (χ3v) is 7.72. The zero-order valence-corrected chi connectivity index (χ0v) is 25.1. The van der Waals surface area contributed by atoms with E-state index in [-0.39, 0.29) is 36.7 Å². The van der Waals surface area contributed by atoms with Gasteiger partial charge in [-0.1, -0.05) is 26.0 Å². The van der Waals surface area contributed by atoms with Crippen molar-refractivity contribution in [2.45, 2.75) is 58.5 Å². The van der Waals surface area contributed by atoms with Crippen LogP contribution in [0.4, 0.5) is 0 Å². The summed E-state index contributed by atoms with van der Waals surface area (Å²) in [6, 6.07) is 8.80. The normalized spacial score (nSPS) is 18.0. The Balaban J connectivity index is 1.42. The minimum absolute atomic E-state index is 0.165. The van der Waals surface area contributed by atoms with E-state index in [0.29, 0.717) is 43.9 Å². The first-order valence-electron chi connectivity index (χ1n) is 15.0. The molecule has 2 aliphatic rings. The van der Waals surface area contributed by atoms with Crippen molar-refractivity contribution in [3.8, 4) is 23.0 Å². The Hall–Kier alpha value is -4.41. The second kappa shape index (κ2) is 13.7. The van der Waals surface area contributed by atoms with Crippen LogP contribution in [0.1, 0.15) is 54.7 Å². The zero-order valence-electron chi connectivity index (χ0n) is 25.1. The van der Waals surface area contributed by atoms with E-state index in [0.717, 1.165) is 41.9 Å². The summed E-state index contributed by atoms with van der Waals surface area (Å²) >= 11 is 0. The van der Waals surface area contributed by atoms with E-state index in [4.69, 9.17) is 9.47 Å². The second-order valence-electron chi connectivity index (χ2n) is 11.4. The van der Waals surface area contributed by atoms with Gasteiger partial charge in [0.05, 0.1) is 20.3 Å². The number of hydrogen-bond acceptors (Lipinski definition) is 7. The highest BCUT2D eigenvalue weighted by atomic mass is 16.5. The first kappa shape index (κ1) is 30.1. The number of carbonyl (C=O) groups is 3. The number of ether oxygens (including phenoxy) is 2. The second-order valence-corrected chi connectivity index (χ2v) is 11.4.